The fourth-order valence-corrected chi connectivity index (χ4v) is 3.94. The lowest BCUT2D eigenvalue weighted by Gasteiger charge is -2.27. The van der Waals surface area contributed by atoms with Crippen molar-refractivity contribution in [1.29, 1.82) is 0 Å². The normalized spacial score (nSPS) is 15.6. The van der Waals surface area contributed by atoms with E-state index in [9.17, 15) is 39.3 Å². The minimum Gasteiger partial charge on any atom is -0.508 e. The number of aliphatic carboxylic acids is 1. The Hall–Kier alpha value is -3.01. The number of carbonyl (C=O) groups is 5. The Morgan fingerprint density at radius 3 is 1.80 bits per heavy atom. The number of hydrogen-bond donors (Lipinski definition) is 10. The highest BCUT2D eigenvalue weighted by Crippen LogP contribution is 2.12. The van der Waals surface area contributed by atoms with Crippen LogP contribution in [0.2, 0.25) is 0 Å². The van der Waals surface area contributed by atoms with Gasteiger partial charge in [0.15, 0.2) is 0 Å². The molecule has 1 aromatic carbocycles. The number of phenols is 1. The van der Waals surface area contributed by atoms with Gasteiger partial charge in [-0.1, -0.05) is 26.0 Å². The predicted molar refractivity (Wildman–Crippen MR) is 154 cm³/mol. The van der Waals surface area contributed by atoms with E-state index in [1.807, 2.05) is 0 Å². The number of phenolic OH excluding ortho intramolecular Hbond substituents is 1. The number of aliphatic hydroxyl groups excluding tert-OH is 1. The van der Waals surface area contributed by atoms with Gasteiger partial charge in [-0.3, -0.25) is 19.2 Å². The first-order valence-corrected chi connectivity index (χ1v) is 13.8. The molecule has 0 fully saturated rings. The summed E-state index contributed by atoms with van der Waals surface area (Å²) in [6.07, 6.45) is -1.40. The summed E-state index contributed by atoms with van der Waals surface area (Å²) in [4.78, 5) is 63.0. The number of carboxylic acid groups (broad SMARTS) is 1. The maximum atomic E-state index is 13.3. The molecule has 0 unspecified atom stereocenters. The van der Waals surface area contributed by atoms with Gasteiger partial charge in [0.25, 0.3) is 0 Å². The van der Waals surface area contributed by atoms with Gasteiger partial charge in [0.2, 0.25) is 23.6 Å². The van der Waals surface area contributed by atoms with Crippen molar-refractivity contribution in [1.82, 2.24) is 21.3 Å². The van der Waals surface area contributed by atoms with Gasteiger partial charge in [0, 0.05) is 17.9 Å². The number of nitrogens with two attached hydrogens (primary N) is 1. The number of benzene rings is 1. The maximum Gasteiger partial charge on any atom is 0.326 e. The van der Waals surface area contributed by atoms with Gasteiger partial charge >= 0.3 is 5.97 Å². The van der Waals surface area contributed by atoms with E-state index in [-0.39, 0.29) is 36.0 Å². The molecule has 40 heavy (non-hydrogen) atoms. The molecule has 9 N–H and O–H groups in total. The highest BCUT2D eigenvalue weighted by molar-refractivity contribution is 7.80. The number of carbonyl (C=O) groups excluding carboxylic acids is 4. The Bertz CT molecular complexity index is 1020. The van der Waals surface area contributed by atoms with Crippen LogP contribution in [0.25, 0.3) is 0 Å². The molecule has 1 rings (SSSR count). The first kappa shape index (κ1) is 35.0. The zero-order chi connectivity index (χ0) is 30.6. The quantitative estimate of drug-likeness (QED) is 0.100. The number of rotatable bonds is 16. The lowest BCUT2D eigenvalue weighted by molar-refractivity contribution is -0.143. The molecule has 0 aliphatic heterocycles. The fraction of sp³-hybridized carbons (Fsp3) is 0.560. The number of thiol groups is 2. The molecule has 0 aliphatic carbocycles. The van der Waals surface area contributed by atoms with Crippen molar-refractivity contribution < 1.29 is 39.3 Å². The van der Waals surface area contributed by atoms with Crippen LogP contribution in [0.1, 0.15) is 32.8 Å². The van der Waals surface area contributed by atoms with Crippen molar-refractivity contribution in [2.24, 2.45) is 11.7 Å². The van der Waals surface area contributed by atoms with Gasteiger partial charge in [-0.25, -0.2) is 4.79 Å². The molecule has 0 bridgehead atoms. The van der Waals surface area contributed by atoms with E-state index < -0.39 is 65.9 Å². The van der Waals surface area contributed by atoms with Gasteiger partial charge in [0.05, 0.1) is 12.1 Å². The summed E-state index contributed by atoms with van der Waals surface area (Å²) in [7, 11) is 0. The van der Waals surface area contributed by atoms with Gasteiger partial charge in [0.1, 0.15) is 29.9 Å². The molecule has 0 radical (unpaired) electrons. The third-order valence-corrected chi connectivity index (χ3v) is 6.50. The van der Waals surface area contributed by atoms with Crippen LogP contribution in [-0.2, 0) is 30.4 Å². The smallest absolute Gasteiger partial charge is 0.326 e. The average Bonchev–Trinajstić information content (AvgIpc) is 2.89. The lowest BCUT2D eigenvalue weighted by atomic mass is 10.0. The van der Waals surface area contributed by atoms with Crippen LogP contribution in [0.4, 0.5) is 0 Å². The van der Waals surface area contributed by atoms with Crippen molar-refractivity contribution >= 4 is 54.9 Å². The zero-order valence-corrected chi connectivity index (χ0v) is 24.3. The van der Waals surface area contributed by atoms with E-state index in [0.717, 1.165) is 0 Å². The number of aromatic hydroxyl groups is 1. The Morgan fingerprint density at radius 2 is 1.32 bits per heavy atom. The van der Waals surface area contributed by atoms with Crippen LogP contribution < -0.4 is 27.0 Å². The van der Waals surface area contributed by atoms with E-state index >= 15 is 0 Å². The molecule has 0 aromatic heterocycles. The number of carboxylic acids is 1. The fourth-order valence-electron chi connectivity index (χ4n) is 3.52. The second-order valence-electron chi connectivity index (χ2n) is 9.72. The summed E-state index contributed by atoms with van der Waals surface area (Å²) in [5.74, 6) is -4.66. The molecular weight excluding hydrogens is 562 g/mol. The molecule has 224 valence electrons. The van der Waals surface area contributed by atoms with Gasteiger partial charge < -0.3 is 42.3 Å². The molecule has 6 atom stereocenters. The molecule has 15 heteroatoms. The monoisotopic (exact) mass is 601 g/mol. The van der Waals surface area contributed by atoms with Crippen molar-refractivity contribution in [3.63, 3.8) is 0 Å². The number of aliphatic hydroxyl groups is 1. The van der Waals surface area contributed by atoms with Crippen LogP contribution in [0, 0.1) is 5.92 Å². The third kappa shape index (κ3) is 11.6. The maximum absolute atomic E-state index is 13.3. The van der Waals surface area contributed by atoms with Crippen molar-refractivity contribution in [3.05, 3.63) is 29.8 Å². The zero-order valence-electron chi connectivity index (χ0n) is 22.5. The van der Waals surface area contributed by atoms with E-state index in [4.69, 9.17) is 5.73 Å². The minimum absolute atomic E-state index is 0.0209. The van der Waals surface area contributed by atoms with Crippen LogP contribution >= 0.6 is 25.3 Å². The summed E-state index contributed by atoms with van der Waals surface area (Å²) in [6.45, 7) is 4.80. The summed E-state index contributed by atoms with van der Waals surface area (Å²) in [5, 5.41) is 38.9. The molecule has 0 saturated heterocycles. The summed E-state index contributed by atoms with van der Waals surface area (Å²) >= 11 is 8.05. The van der Waals surface area contributed by atoms with Gasteiger partial charge in [-0.15, -0.1) is 0 Å². The molecular formula is C25H39N5O8S2. The standard InChI is InChI=1S/C25H39N5O8S2/c1-12(2)8-18(25(37)38)28-24(36)20(13(3)31)30-22(34)17(9-14-4-6-15(32)7-5-14)27-23(35)19(11-40)29-21(33)16(26)10-39/h4-7,12-13,16-20,31-32,39-40H,8-11,26H2,1-3H3,(H,27,35)(H,28,36)(H,29,33)(H,30,34)(H,37,38)/t13-,16+,17+,18+,19+,20+/m1/s1. The molecule has 0 heterocycles. The summed E-state index contributed by atoms with van der Waals surface area (Å²) in [6, 6.07) is -0.444. The van der Waals surface area contributed by atoms with Crippen molar-refractivity contribution in [2.45, 2.75) is 69.9 Å². The first-order chi connectivity index (χ1) is 18.7. The van der Waals surface area contributed by atoms with Crippen molar-refractivity contribution in [2.75, 3.05) is 11.5 Å². The van der Waals surface area contributed by atoms with Crippen molar-refractivity contribution in [3.8, 4) is 5.75 Å². The minimum atomic E-state index is -1.55. The molecule has 0 spiro atoms. The molecule has 13 nitrogen and oxygen atoms in total. The van der Waals surface area contributed by atoms with Gasteiger partial charge in [-0.05, 0) is 37.0 Å². The van der Waals surface area contributed by atoms with Gasteiger partial charge in [-0.2, -0.15) is 25.3 Å². The van der Waals surface area contributed by atoms with E-state index in [1.54, 1.807) is 13.8 Å². The topological polar surface area (TPSA) is 220 Å². The molecule has 4 amide bonds. The Balaban J connectivity index is 3.18. The summed E-state index contributed by atoms with van der Waals surface area (Å²) < 4.78 is 0. The van der Waals surface area contributed by atoms with Crippen LogP contribution in [0.15, 0.2) is 24.3 Å². The number of nitrogens with one attached hydrogen (secondary N) is 4. The average molecular weight is 602 g/mol. The molecule has 0 saturated carbocycles. The van der Waals surface area contributed by atoms with Crippen LogP contribution in [0.3, 0.4) is 0 Å². The first-order valence-electron chi connectivity index (χ1n) is 12.6. The Morgan fingerprint density at radius 1 is 0.800 bits per heavy atom. The Labute approximate surface area is 243 Å². The number of hydrogen-bond acceptors (Lipinski definition) is 10. The van der Waals surface area contributed by atoms with E-state index in [2.05, 4.69) is 46.5 Å². The molecule has 1 aromatic rings. The lowest BCUT2D eigenvalue weighted by Crippen LogP contribution is -2.61. The summed E-state index contributed by atoms with van der Waals surface area (Å²) in [5.41, 5.74) is 6.18. The highest BCUT2D eigenvalue weighted by atomic mass is 32.1. The largest absolute Gasteiger partial charge is 0.508 e. The second kappa shape index (κ2) is 16.9. The second-order valence-corrected chi connectivity index (χ2v) is 10.5. The predicted octanol–water partition coefficient (Wildman–Crippen LogP) is -1.43. The highest BCUT2D eigenvalue weighted by Gasteiger charge is 2.33. The van der Waals surface area contributed by atoms with E-state index in [0.29, 0.717) is 5.56 Å². The van der Waals surface area contributed by atoms with Crippen LogP contribution in [-0.4, -0.2) is 92.7 Å². The van der Waals surface area contributed by atoms with Crippen LogP contribution in [0.5, 0.6) is 5.75 Å². The number of amides is 4. The van der Waals surface area contributed by atoms with E-state index in [1.165, 1.54) is 31.2 Å². The third-order valence-electron chi connectivity index (χ3n) is 5.74. The molecule has 0 aliphatic rings. The SMILES string of the molecule is CC(C)C[C@H](NC(=O)[C@@H](NC(=O)[C@H](Cc1ccc(O)cc1)NC(=O)[C@H](CS)NC(=O)[C@@H](N)CS)[C@@H](C)O)C(=O)O. The Kier molecular flexibility index (Phi) is 14.8.